The molecule has 2 aliphatic heterocycles. The smallest absolute Gasteiger partial charge is 0.188 e. The minimum Gasteiger partial charge on any atom is -0.504 e. The van der Waals surface area contributed by atoms with Crippen LogP contribution in [0.25, 0.3) is 0 Å². The van der Waals surface area contributed by atoms with Crippen molar-refractivity contribution >= 4 is 0 Å². The Bertz CT molecular complexity index is 1030. The van der Waals surface area contributed by atoms with Crippen LogP contribution in [0.2, 0.25) is 0 Å². The highest BCUT2D eigenvalue weighted by atomic mass is 16.7. The van der Waals surface area contributed by atoms with Crippen molar-refractivity contribution < 1.29 is 44.5 Å². The maximum absolute atomic E-state index is 10.7. The number of phenols is 4. The van der Waals surface area contributed by atoms with Crippen LogP contribution in [0, 0.1) is 0 Å². The van der Waals surface area contributed by atoms with Gasteiger partial charge in [0.25, 0.3) is 0 Å². The van der Waals surface area contributed by atoms with Gasteiger partial charge in [0.15, 0.2) is 35.6 Å². The molecule has 0 aliphatic carbocycles. The lowest BCUT2D eigenvalue weighted by molar-refractivity contribution is -0.250. The molecule has 0 saturated carbocycles. The third-order valence-corrected chi connectivity index (χ3v) is 7.08. The summed E-state index contributed by atoms with van der Waals surface area (Å²) >= 11 is 0. The molecule has 2 aliphatic rings. The largest absolute Gasteiger partial charge is 0.504 e. The van der Waals surface area contributed by atoms with Gasteiger partial charge in [0.2, 0.25) is 0 Å². The summed E-state index contributed by atoms with van der Waals surface area (Å²) in [5.41, 5.74) is 0.766. The topological polar surface area (TPSA) is 138 Å². The monoisotopic (exact) mass is 518 g/mol. The van der Waals surface area contributed by atoms with Crippen LogP contribution in [-0.4, -0.2) is 56.1 Å². The molecule has 2 saturated heterocycles. The van der Waals surface area contributed by atoms with Gasteiger partial charge in [-0.05, 0) is 69.7 Å². The molecule has 2 fully saturated rings. The number of hydrogen-bond donors (Lipinski definition) is 5. The van der Waals surface area contributed by atoms with Crippen LogP contribution in [0.15, 0.2) is 36.4 Å². The first-order valence-electron chi connectivity index (χ1n) is 13.1. The number of para-hydroxylation sites is 2. The molecule has 7 unspecified atom stereocenters. The molecule has 9 nitrogen and oxygen atoms in total. The van der Waals surface area contributed by atoms with E-state index in [1.54, 1.807) is 24.3 Å². The predicted molar refractivity (Wildman–Crippen MR) is 134 cm³/mol. The second kappa shape index (κ2) is 12.3. The molecular weight excluding hydrogens is 480 g/mol. The van der Waals surface area contributed by atoms with Crippen molar-refractivity contribution in [1.29, 1.82) is 0 Å². The van der Waals surface area contributed by atoms with Gasteiger partial charge in [-0.25, -0.2) is 0 Å². The Morgan fingerprint density at radius 1 is 0.784 bits per heavy atom. The molecule has 7 atom stereocenters. The second-order valence-electron chi connectivity index (χ2n) is 10.0. The molecule has 0 aromatic heterocycles. The normalized spacial score (nSPS) is 29.2. The fourth-order valence-corrected chi connectivity index (χ4v) is 5.06. The molecule has 4 rings (SSSR count). The molecule has 2 aromatic rings. The fraction of sp³-hybridized carbons (Fsp3) is 0.571. The van der Waals surface area contributed by atoms with E-state index in [-0.39, 0.29) is 47.4 Å². The third kappa shape index (κ3) is 6.86. The lowest BCUT2D eigenvalue weighted by Crippen LogP contribution is -2.35. The fourth-order valence-electron chi connectivity index (χ4n) is 5.06. The van der Waals surface area contributed by atoms with E-state index in [4.69, 9.17) is 18.9 Å². The van der Waals surface area contributed by atoms with Gasteiger partial charge in [-0.2, -0.15) is 0 Å². The van der Waals surface area contributed by atoms with Crippen molar-refractivity contribution in [3.8, 4) is 23.0 Å². The lowest BCUT2D eigenvalue weighted by Gasteiger charge is -2.36. The van der Waals surface area contributed by atoms with Crippen molar-refractivity contribution in [3.63, 3.8) is 0 Å². The first-order chi connectivity index (χ1) is 17.7. The molecule has 2 aromatic carbocycles. The Balaban J connectivity index is 1.28. The summed E-state index contributed by atoms with van der Waals surface area (Å²) in [6.07, 6.45) is 1.90. The Morgan fingerprint density at radius 3 is 1.97 bits per heavy atom. The highest BCUT2D eigenvalue weighted by molar-refractivity contribution is 5.45. The zero-order chi connectivity index (χ0) is 26.5. The number of benzene rings is 2. The minimum absolute atomic E-state index is 0.0293. The van der Waals surface area contributed by atoms with E-state index >= 15 is 0 Å². The Kier molecular flexibility index (Phi) is 9.15. The van der Waals surface area contributed by atoms with Gasteiger partial charge in [-0.3, -0.25) is 0 Å². The highest BCUT2D eigenvalue weighted by Crippen LogP contribution is 2.41. The van der Waals surface area contributed by atoms with Crippen molar-refractivity contribution in [2.45, 2.75) is 102 Å². The third-order valence-electron chi connectivity index (χ3n) is 7.08. The van der Waals surface area contributed by atoms with Crippen molar-refractivity contribution in [1.82, 2.24) is 0 Å². The average molecular weight is 519 g/mol. The second-order valence-corrected chi connectivity index (χ2v) is 10.0. The molecule has 2 heterocycles. The van der Waals surface area contributed by atoms with Crippen molar-refractivity contribution in [2.24, 2.45) is 0 Å². The number of hydrogen-bond acceptors (Lipinski definition) is 9. The number of aliphatic hydroxyl groups is 1. The van der Waals surface area contributed by atoms with E-state index in [9.17, 15) is 25.5 Å². The quantitative estimate of drug-likeness (QED) is 0.293. The van der Waals surface area contributed by atoms with Gasteiger partial charge in [-0.15, -0.1) is 0 Å². The summed E-state index contributed by atoms with van der Waals surface area (Å²) in [5.74, 6) is -0.947. The number of aromatic hydroxyl groups is 4. The van der Waals surface area contributed by atoms with Crippen LogP contribution in [-0.2, 0) is 18.9 Å². The Morgan fingerprint density at radius 2 is 1.35 bits per heavy atom. The summed E-state index contributed by atoms with van der Waals surface area (Å²) in [5, 5.41) is 50.8. The molecule has 204 valence electrons. The number of rotatable bonds is 9. The van der Waals surface area contributed by atoms with Gasteiger partial charge in [-0.1, -0.05) is 19.1 Å². The minimum atomic E-state index is -0.819. The van der Waals surface area contributed by atoms with Gasteiger partial charge in [0.05, 0.1) is 41.6 Å². The van der Waals surface area contributed by atoms with E-state index < -0.39 is 18.7 Å². The molecule has 5 N–H and O–H groups in total. The summed E-state index contributed by atoms with van der Waals surface area (Å²) in [6, 6.07) is 9.39. The molecule has 0 bridgehead atoms. The summed E-state index contributed by atoms with van der Waals surface area (Å²) in [7, 11) is 0. The van der Waals surface area contributed by atoms with E-state index in [2.05, 4.69) is 0 Å². The number of ether oxygens (including phenoxy) is 4. The van der Waals surface area contributed by atoms with Crippen molar-refractivity contribution in [3.05, 3.63) is 47.5 Å². The van der Waals surface area contributed by atoms with Crippen LogP contribution in [0.1, 0.15) is 82.5 Å². The lowest BCUT2D eigenvalue weighted by atomic mass is 9.97. The molecule has 0 radical (unpaired) electrons. The van der Waals surface area contributed by atoms with Gasteiger partial charge in [0.1, 0.15) is 0 Å². The Labute approximate surface area is 217 Å². The summed E-state index contributed by atoms with van der Waals surface area (Å²) < 4.78 is 23.9. The zero-order valence-corrected chi connectivity index (χ0v) is 21.3. The van der Waals surface area contributed by atoms with E-state index in [0.717, 1.165) is 25.7 Å². The molecular formula is C28H38O9. The van der Waals surface area contributed by atoms with E-state index in [1.165, 1.54) is 12.1 Å². The Hall–Kier alpha value is -2.56. The first-order valence-corrected chi connectivity index (χ1v) is 13.1. The van der Waals surface area contributed by atoms with Gasteiger partial charge >= 0.3 is 0 Å². The van der Waals surface area contributed by atoms with E-state index in [0.29, 0.717) is 30.4 Å². The van der Waals surface area contributed by atoms with Gasteiger partial charge in [0, 0.05) is 6.42 Å². The SMILES string of the molecule is CCC1CC(CCCC(O)CC2CC(C)OC(c3cccc(O)c3O)O2)OC(c2cccc(O)c2O)O1. The molecule has 0 spiro atoms. The average Bonchev–Trinajstić information content (AvgIpc) is 2.86. The predicted octanol–water partition coefficient (Wildman–Crippen LogP) is 4.91. The van der Waals surface area contributed by atoms with Crippen LogP contribution < -0.4 is 0 Å². The summed E-state index contributed by atoms with van der Waals surface area (Å²) in [4.78, 5) is 0. The standard InChI is InChI=1S/C28H38O9/c1-3-18-15-19(36-28(35-18)22-10-6-12-24(31)26(22)33)8-4-7-17(29)14-20-13-16(2)34-27(37-20)21-9-5-11-23(30)25(21)32/h5-6,9-12,16-20,27-33H,3-4,7-8,13-15H2,1-2H3. The van der Waals surface area contributed by atoms with E-state index in [1.807, 2.05) is 13.8 Å². The van der Waals surface area contributed by atoms with Crippen LogP contribution in [0.4, 0.5) is 0 Å². The molecule has 0 amide bonds. The van der Waals surface area contributed by atoms with Gasteiger partial charge < -0.3 is 44.5 Å². The first kappa shape index (κ1) is 27.5. The van der Waals surface area contributed by atoms with Crippen molar-refractivity contribution in [2.75, 3.05) is 0 Å². The maximum Gasteiger partial charge on any atom is 0.188 e. The number of aliphatic hydroxyl groups excluding tert-OH is 1. The van der Waals surface area contributed by atoms with Crippen LogP contribution in [0.5, 0.6) is 23.0 Å². The summed E-state index contributed by atoms with van der Waals surface area (Å²) in [6.45, 7) is 3.96. The molecule has 9 heteroatoms. The zero-order valence-electron chi connectivity index (χ0n) is 21.3. The highest BCUT2D eigenvalue weighted by Gasteiger charge is 2.34. The van der Waals surface area contributed by atoms with Crippen LogP contribution >= 0.6 is 0 Å². The number of phenolic OH excluding ortho intramolecular Hbond substituents is 4. The van der Waals surface area contributed by atoms with Crippen LogP contribution in [0.3, 0.4) is 0 Å². The maximum atomic E-state index is 10.7. The molecule has 37 heavy (non-hydrogen) atoms.